The van der Waals surface area contributed by atoms with Crippen LogP contribution in [-0.4, -0.2) is 46.3 Å². The van der Waals surface area contributed by atoms with Crippen molar-refractivity contribution in [3.8, 4) is 0 Å². The van der Waals surface area contributed by atoms with Gasteiger partial charge in [-0.25, -0.2) is 0 Å². The molecule has 6 heteroatoms. The molecule has 19 heavy (non-hydrogen) atoms. The number of piperidine rings is 1. The van der Waals surface area contributed by atoms with E-state index in [1.807, 2.05) is 14.0 Å². The number of hydrogen-bond acceptors (Lipinski definition) is 4. The van der Waals surface area contributed by atoms with Crippen LogP contribution < -0.4 is 5.32 Å². The maximum atomic E-state index is 4.29. The van der Waals surface area contributed by atoms with Gasteiger partial charge < -0.3 is 9.88 Å². The number of nitrogens with zero attached hydrogens (tertiary/aromatic N) is 4. The van der Waals surface area contributed by atoms with E-state index in [9.17, 15) is 0 Å². The second-order valence-electron chi connectivity index (χ2n) is 5.18. The zero-order valence-corrected chi connectivity index (χ0v) is 13.0. The van der Waals surface area contributed by atoms with Crippen molar-refractivity contribution in [2.75, 3.05) is 26.7 Å². The fourth-order valence-corrected chi connectivity index (χ4v) is 2.79. The van der Waals surface area contributed by atoms with E-state index < -0.39 is 0 Å². The monoisotopic (exact) mass is 287 g/mol. The van der Waals surface area contributed by atoms with Crippen molar-refractivity contribution in [3.05, 3.63) is 11.6 Å². The molecule has 0 saturated carbocycles. The molecule has 2 rings (SSSR count). The SMILES string of the molecule is CCn1c(C)nnc1CN1CCC(CNC)CC1.Cl. The highest BCUT2D eigenvalue weighted by Crippen LogP contribution is 2.18. The lowest BCUT2D eigenvalue weighted by atomic mass is 9.97. The van der Waals surface area contributed by atoms with Crippen LogP contribution in [0.25, 0.3) is 0 Å². The standard InChI is InChI=1S/C13H25N5.ClH/c1-4-18-11(2)15-16-13(18)10-17-7-5-12(6-8-17)9-14-3;/h12,14H,4-10H2,1-3H3;1H. The van der Waals surface area contributed by atoms with Gasteiger partial charge in [0.25, 0.3) is 0 Å². The van der Waals surface area contributed by atoms with Gasteiger partial charge in [0.05, 0.1) is 6.54 Å². The Bertz CT molecular complexity index is 371. The van der Waals surface area contributed by atoms with Gasteiger partial charge in [-0.15, -0.1) is 22.6 Å². The molecule has 5 nitrogen and oxygen atoms in total. The first-order chi connectivity index (χ1) is 8.74. The number of likely N-dealkylation sites (tertiary alicyclic amines) is 1. The Hall–Kier alpha value is -0.650. The third-order valence-electron chi connectivity index (χ3n) is 3.89. The minimum absolute atomic E-state index is 0. The minimum atomic E-state index is 0. The highest BCUT2D eigenvalue weighted by Gasteiger charge is 2.20. The molecule has 1 aliphatic rings. The molecule has 0 amide bonds. The van der Waals surface area contributed by atoms with Crippen LogP contribution in [0.3, 0.4) is 0 Å². The van der Waals surface area contributed by atoms with E-state index in [0.29, 0.717) is 0 Å². The van der Waals surface area contributed by atoms with Gasteiger partial charge in [0, 0.05) is 6.54 Å². The average Bonchev–Trinajstić information content (AvgIpc) is 2.72. The maximum Gasteiger partial charge on any atom is 0.147 e. The summed E-state index contributed by atoms with van der Waals surface area (Å²) in [6.07, 6.45) is 2.58. The van der Waals surface area contributed by atoms with E-state index in [4.69, 9.17) is 0 Å². The summed E-state index contributed by atoms with van der Waals surface area (Å²) in [5, 5.41) is 11.7. The molecular formula is C13H26ClN5. The van der Waals surface area contributed by atoms with E-state index in [1.54, 1.807) is 0 Å². The molecule has 0 spiro atoms. The summed E-state index contributed by atoms with van der Waals surface area (Å²) < 4.78 is 2.21. The molecule has 1 fully saturated rings. The highest BCUT2D eigenvalue weighted by atomic mass is 35.5. The summed E-state index contributed by atoms with van der Waals surface area (Å²) in [5.74, 6) is 2.98. The lowest BCUT2D eigenvalue weighted by Crippen LogP contribution is -2.36. The Balaban J connectivity index is 0.00000180. The van der Waals surface area contributed by atoms with Crippen LogP contribution in [0.2, 0.25) is 0 Å². The van der Waals surface area contributed by atoms with Crippen molar-refractivity contribution in [2.45, 2.75) is 39.8 Å². The summed E-state index contributed by atoms with van der Waals surface area (Å²) in [6.45, 7) is 9.60. The minimum Gasteiger partial charge on any atom is -0.319 e. The van der Waals surface area contributed by atoms with Crippen molar-refractivity contribution in [3.63, 3.8) is 0 Å². The molecule has 2 heterocycles. The molecule has 1 N–H and O–H groups in total. The van der Waals surface area contributed by atoms with Crippen LogP contribution in [0.1, 0.15) is 31.4 Å². The van der Waals surface area contributed by atoms with E-state index in [1.165, 1.54) is 25.9 Å². The summed E-state index contributed by atoms with van der Waals surface area (Å²) in [5.41, 5.74) is 0. The van der Waals surface area contributed by atoms with Crippen LogP contribution in [0.4, 0.5) is 0 Å². The van der Waals surface area contributed by atoms with Crippen molar-refractivity contribution in [2.24, 2.45) is 5.92 Å². The van der Waals surface area contributed by atoms with Crippen molar-refractivity contribution < 1.29 is 0 Å². The van der Waals surface area contributed by atoms with Gasteiger partial charge in [0.2, 0.25) is 0 Å². The molecule has 1 aliphatic heterocycles. The number of rotatable bonds is 5. The molecule has 0 radical (unpaired) electrons. The summed E-state index contributed by atoms with van der Waals surface area (Å²) in [6, 6.07) is 0. The van der Waals surface area contributed by atoms with Crippen LogP contribution >= 0.6 is 12.4 Å². The molecule has 110 valence electrons. The molecule has 0 aromatic carbocycles. The molecule has 0 unspecified atom stereocenters. The van der Waals surface area contributed by atoms with Crippen molar-refractivity contribution in [1.29, 1.82) is 0 Å². The normalized spacial score (nSPS) is 17.4. The number of aryl methyl sites for hydroxylation is 1. The third-order valence-corrected chi connectivity index (χ3v) is 3.89. The topological polar surface area (TPSA) is 46.0 Å². The Morgan fingerprint density at radius 1 is 1.26 bits per heavy atom. The first-order valence-electron chi connectivity index (χ1n) is 7.00. The van der Waals surface area contributed by atoms with Gasteiger partial charge in [-0.05, 0) is 59.3 Å². The number of halogens is 1. The molecule has 0 atom stereocenters. The van der Waals surface area contributed by atoms with E-state index >= 15 is 0 Å². The molecule has 0 bridgehead atoms. The predicted molar refractivity (Wildman–Crippen MR) is 79.6 cm³/mol. The van der Waals surface area contributed by atoms with Crippen LogP contribution in [0.15, 0.2) is 0 Å². The van der Waals surface area contributed by atoms with Gasteiger partial charge in [-0.2, -0.15) is 0 Å². The summed E-state index contributed by atoms with van der Waals surface area (Å²) in [4.78, 5) is 2.50. The second kappa shape index (κ2) is 7.82. The Labute approximate surface area is 122 Å². The lowest BCUT2D eigenvalue weighted by Gasteiger charge is -2.31. The molecule has 1 aromatic heterocycles. The number of aromatic nitrogens is 3. The second-order valence-corrected chi connectivity index (χ2v) is 5.18. The van der Waals surface area contributed by atoms with Gasteiger partial charge in [-0.1, -0.05) is 0 Å². The fourth-order valence-electron chi connectivity index (χ4n) is 2.79. The van der Waals surface area contributed by atoms with E-state index in [0.717, 1.165) is 37.2 Å². The van der Waals surface area contributed by atoms with Crippen LogP contribution in [0.5, 0.6) is 0 Å². The van der Waals surface area contributed by atoms with Gasteiger partial charge in [0.15, 0.2) is 0 Å². The predicted octanol–water partition coefficient (Wildman–Crippen LogP) is 1.46. The fraction of sp³-hybridized carbons (Fsp3) is 0.846. The Kier molecular flexibility index (Phi) is 6.75. The average molecular weight is 288 g/mol. The van der Waals surface area contributed by atoms with Crippen LogP contribution in [0, 0.1) is 12.8 Å². The summed E-state index contributed by atoms with van der Waals surface area (Å²) >= 11 is 0. The van der Waals surface area contributed by atoms with E-state index in [2.05, 4.69) is 31.9 Å². The highest BCUT2D eigenvalue weighted by molar-refractivity contribution is 5.85. The zero-order valence-electron chi connectivity index (χ0n) is 12.2. The van der Waals surface area contributed by atoms with Crippen molar-refractivity contribution in [1.82, 2.24) is 25.0 Å². The van der Waals surface area contributed by atoms with Gasteiger partial charge in [-0.3, -0.25) is 4.90 Å². The largest absolute Gasteiger partial charge is 0.319 e. The quantitative estimate of drug-likeness (QED) is 0.891. The smallest absolute Gasteiger partial charge is 0.147 e. The molecule has 1 saturated heterocycles. The molecule has 0 aliphatic carbocycles. The first-order valence-corrected chi connectivity index (χ1v) is 7.00. The molecule has 1 aromatic rings. The zero-order chi connectivity index (χ0) is 13.0. The van der Waals surface area contributed by atoms with Crippen LogP contribution in [-0.2, 0) is 13.1 Å². The van der Waals surface area contributed by atoms with Crippen molar-refractivity contribution >= 4 is 12.4 Å². The maximum absolute atomic E-state index is 4.29. The molecular weight excluding hydrogens is 262 g/mol. The summed E-state index contributed by atoms with van der Waals surface area (Å²) in [7, 11) is 2.04. The third kappa shape index (κ3) is 4.16. The van der Waals surface area contributed by atoms with Gasteiger partial charge >= 0.3 is 0 Å². The van der Waals surface area contributed by atoms with E-state index in [-0.39, 0.29) is 12.4 Å². The Morgan fingerprint density at radius 2 is 1.95 bits per heavy atom. The number of nitrogens with one attached hydrogen (secondary N) is 1. The Morgan fingerprint density at radius 3 is 2.53 bits per heavy atom. The van der Waals surface area contributed by atoms with Gasteiger partial charge in [0.1, 0.15) is 11.6 Å². The lowest BCUT2D eigenvalue weighted by molar-refractivity contribution is 0.171. The first kappa shape index (κ1) is 16.4. The number of hydrogen-bond donors (Lipinski definition) is 1.